The van der Waals surface area contributed by atoms with Crippen molar-refractivity contribution in [1.29, 1.82) is 0 Å². The lowest BCUT2D eigenvalue weighted by molar-refractivity contribution is 0.0746. The number of piperazine rings is 1. The van der Waals surface area contributed by atoms with Gasteiger partial charge in [-0.2, -0.15) is 0 Å². The zero-order valence-corrected chi connectivity index (χ0v) is 19.2. The predicted octanol–water partition coefficient (Wildman–Crippen LogP) is 4.90. The zero-order chi connectivity index (χ0) is 23.3. The molecule has 5 rings (SSSR count). The summed E-state index contributed by atoms with van der Waals surface area (Å²) in [6, 6.07) is 22.7. The summed E-state index contributed by atoms with van der Waals surface area (Å²) in [6.45, 7) is 2.87. The van der Waals surface area contributed by atoms with Gasteiger partial charge in [-0.1, -0.05) is 29.8 Å². The van der Waals surface area contributed by atoms with E-state index in [1.54, 1.807) is 12.4 Å². The molecule has 4 aromatic rings. The number of carbonyl (C=O) groups excluding carboxylic acids is 1. The minimum atomic E-state index is 0.0354. The predicted molar refractivity (Wildman–Crippen MR) is 135 cm³/mol. The Hall–Kier alpha value is -3.97. The maximum atomic E-state index is 13.0. The number of benzene rings is 2. The van der Waals surface area contributed by atoms with Crippen LogP contribution in [0.25, 0.3) is 11.3 Å². The normalized spacial score (nSPS) is 13.6. The van der Waals surface area contributed by atoms with Gasteiger partial charge in [-0.25, -0.2) is 15.0 Å². The Morgan fingerprint density at radius 3 is 2.29 bits per heavy atom. The van der Waals surface area contributed by atoms with Crippen LogP contribution in [-0.2, 0) is 0 Å². The zero-order valence-electron chi connectivity index (χ0n) is 18.4. The maximum Gasteiger partial charge on any atom is 0.253 e. The van der Waals surface area contributed by atoms with E-state index in [0.717, 1.165) is 35.9 Å². The largest absolute Gasteiger partial charge is 0.353 e. The number of anilines is 3. The van der Waals surface area contributed by atoms with Crippen molar-refractivity contribution in [1.82, 2.24) is 19.9 Å². The first-order valence-corrected chi connectivity index (χ1v) is 11.4. The Morgan fingerprint density at radius 1 is 0.824 bits per heavy atom. The fourth-order valence-corrected chi connectivity index (χ4v) is 4.01. The van der Waals surface area contributed by atoms with Gasteiger partial charge in [0.15, 0.2) is 0 Å². The molecule has 1 aliphatic rings. The second-order valence-electron chi connectivity index (χ2n) is 7.94. The number of halogens is 1. The number of pyridine rings is 1. The summed E-state index contributed by atoms with van der Waals surface area (Å²) in [5, 5.41) is 3.89. The van der Waals surface area contributed by atoms with Crippen molar-refractivity contribution in [2.45, 2.75) is 0 Å². The fraction of sp³-hybridized carbons (Fsp3) is 0.154. The van der Waals surface area contributed by atoms with Crippen LogP contribution in [0.15, 0.2) is 85.2 Å². The number of hydrogen-bond donors (Lipinski definition) is 1. The van der Waals surface area contributed by atoms with E-state index in [2.05, 4.69) is 25.2 Å². The lowest BCUT2D eigenvalue weighted by atomic mass is 10.1. The molecule has 170 valence electrons. The topological polar surface area (TPSA) is 74.2 Å². The summed E-state index contributed by atoms with van der Waals surface area (Å²) in [6.07, 6.45) is 3.50. The van der Waals surface area contributed by atoms with E-state index in [1.807, 2.05) is 77.7 Å². The number of nitrogens with zero attached hydrogens (tertiary/aromatic N) is 5. The third-order valence-electron chi connectivity index (χ3n) is 5.72. The molecular weight excluding hydrogens is 448 g/mol. The highest BCUT2D eigenvalue weighted by Crippen LogP contribution is 2.22. The number of amides is 1. The van der Waals surface area contributed by atoms with Gasteiger partial charge in [-0.05, 0) is 54.6 Å². The Bertz CT molecular complexity index is 1260. The van der Waals surface area contributed by atoms with Crippen molar-refractivity contribution in [2.75, 3.05) is 36.4 Å². The molecule has 34 heavy (non-hydrogen) atoms. The summed E-state index contributed by atoms with van der Waals surface area (Å²) in [5.41, 5.74) is 3.22. The van der Waals surface area contributed by atoms with Crippen LogP contribution >= 0.6 is 11.6 Å². The van der Waals surface area contributed by atoms with Gasteiger partial charge in [0.05, 0.1) is 5.69 Å². The maximum absolute atomic E-state index is 13.0. The third kappa shape index (κ3) is 5.00. The van der Waals surface area contributed by atoms with Crippen LogP contribution in [0.1, 0.15) is 10.4 Å². The average molecular weight is 471 g/mol. The van der Waals surface area contributed by atoms with Crippen LogP contribution in [0, 0.1) is 0 Å². The van der Waals surface area contributed by atoms with Crippen LogP contribution < -0.4 is 10.2 Å². The molecule has 0 unspecified atom stereocenters. The third-order valence-corrected chi connectivity index (χ3v) is 5.98. The van der Waals surface area contributed by atoms with E-state index in [-0.39, 0.29) is 5.91 Å². The molecule has 3 heterocycles. The molecule has 2 aromatic carbocycles. The molecule has 0 saturated carbocycles. The first-order chi connectivity index (χ1) is 16.7. The second-order valence-corrected chi connectivity index (χ2v) is 8.38. The van der Waals surface area contributed by atoms with Crippen molar-refractivity contribution in [2.24, 2.45) is 0 Å². The number of nitrogens with one attached hydrogen (secondary N) is 1. The molecule has 1 amide bonds. The first kappa shape index (κ1) is 21.9. The minimum absolute atomic E-state index is 0.0354. The number of carbonyl (C=O) groups is 1. The van der Waals surface area contributed by atoms with E-state index in [4.69, 9.17) is 11.6 Å². The van der Waals surface area contributed by atoms with E-state index in [0.29, 0.717) is 29.6 Å². The van der Waals surface area contributed by atoms with Gasteiger partial charge in [0.25, 0.3) is 5.91 Å². The van der Waals surface area contributed by atoms with Crippen molar-refractivity contribution in [3.8, 4) is 11.3 Å². The fourth-order valence-electron chi connectivity index (χ4n) is 3.89. The van der Waals surface area contributed by atoms with Gasteiger partial charge in [-0.15, -0.1) is 0 Å². The smallest absolute Gasteiger partial charge is 0.253 e. The molecule has 0 spiro atoms. The molecule has 0 atom stereocenters. The van der Waals surface area contributed by atoms with Gasteiger partial charge < -0.3 is 15.1 Å². The van der Waals surface area contributed by atoms with Crippen LogP contribution in [0.5, 0.6) is 0 Å². The van der Waals surface area contributed by atoms with E-state index in [1.165, 1.54) is 0 Å². The van der Waals surface area contributed by atoms with Crippen LogP contribution in [0.3, 0.4) is 0 Å². The Labute approximate surface area is 203 Å². The molecule has 7 nitrogen and oxygen atoms in total. The van der Waals surface area contributed by atoms with Crippen molar-refractivity contribution in [3.05, 3.63) is 95.8 Å². The molecule has 1 saturated heterocycles. The Kier molecular flexibility index (Phi) is 6.35. The quantitative estimate of drug-likeness (QED) is 0.447. The van der Waals surface area contributed by atoms with Crippen molar-refractivity contribution in [3.63, 3.8) is 0 Å². The lowest BCUT2D eigenvalue weighted by Crippen LogP contribution is -2.49. The molecule has 0 bridgehead atoms. The van der Waals surface area contributed by atoms with E-state index < -0.39 is 0 Å². The van der Waals surface area contributed by atoms with E-state index in [9.17, 15) is 4.79 Å². The SMILES string of the molecule is O=C(c1ccc(Nc2nccc(-c3ccc(Cl)cc3)n2)cc1)N1CCN(c2ccccn2)CC1. The standard InChI is InChI=1S/C26H23ClN6O/c27-21-8-4-19(5-9-21)23-12-14-29-26(31-23)30-22-10-6-20(7-11-22)25(34)33-17-15-32(16-18-33)24-3-1-2-13-28-24/h1-14H,15-18H2,(H,29,30,31). The molecule has 1 aliphatic heterocycles. The summed E-state index contributed by atoms with van der Waals surface area (Å²) in [7, 11) is 0. The summed E-state index contributed by atoms with van der Waals surface area (Å²) >= 11 is 5.98. The first-order valence-electron chi connectivity index (χ1n) is 11.1. The molecule has 0 aliphatic carbocycles. The monoisotopic (exact) mass is 470 g/mol. The Morgan fingerprint density at radius 2 is 1.59 bits per heavy atom. The van der Waals surface area contributed by atoms with Crippen molar-refractivity contribution >= 4 is 35.0 Å². The van der Waals surface area contributed by atoms with Gasteiger partial charge in [-0.3, -0.25) is 4.79 Å². The molecule has 2 aromatic heterocycles. The minimum Gasteiger partial charge on any atom is -0.353 e. The highest BCUT2D eigenvalue weighted by Gasteiger charge is 2.22. The summed E-state index contributed by atoms with van der Waals surface area (Å²) < 4.78 is 0. The average Bonchev–Trinajstić information content (AvgIpc) is 2.90. The summed E-state index contributed by atoms with van der Waals surface area (Å²) in [5.74, 6) is 1.47. The van der Waals surface area contributed by atoms with Gasteiger partial charge in [0.2, 0.25) is 5.95 Å². The number of hydrogen-bond acceptors (Lipinski definition) is 6. The lowest BCUT2D eigenvalue weighted by Gasteiger charge is -2.35. The number of rotatable bonds is 5. The van der Waals surface area contributed by atoms with Gasteiger partial charge in [0.1, 0.15) is 5.82 Å². The van der Waals surface area contributed by atoms with Crippen LogP contribution in [0.4, 0.5) is 17.5 Å². The second kappa shape index (κ2) is 9.89. The molecule has 0 radical (unpaired) electrons. The highest BCUT2D eigenvalue weighted by molar-refractivity contribution is 6.30. The van der Waals surface area contributed by atoms with Crippen LogP contribution in [-0.4, -0.2) is 51.9 Å². The highest BCUT2D eigenvalue weighted by atomic mass is 35.5. The molecular formula is C26H23ClN6O. The van der Waals surface area contributed by atoms with E-state index >= 15 is 0 Å². The van der Waals surface area contributed by atoms with Crippen molar-refractivity contribution < 1.29 is 4.79 Å². The van der Waals surface area contributed by atoms with Crippen LogP contribution in [0.2, 0.25) is 5.02 Å². The number of aromatic nitrogens is 3. The van der Waals surface area contributed by atoms with Gasteiger partial charge >= 0.3 is 0 Å². The summed E-state index contributed by atoms with van der Waals surface area (Å²) in [4.78, 5) is 30.4. The molecule has 1 N–H and O–H groups in total. The molecule has 8 heteroatoms. The molecule has 1 fully saturated rings. The Balaban J connectivity index is 1.21. The van der Waals surface area contributed by atoms with Gasteiger partial charge in [0, 0.05) is 60.4 Å².